The van der Waals surface area contributed by atoms with Gasteiger partial charge in [0.1, 0.15) is 28.3 Å². The molecule has 3 aromatic rings. The Morgan fingerprint density at radius 2 is 1.90 bits per heavy atom. The van der Waals surface area contributed by atoms with Gasteiger partial charge in [-0.2, -0.15) is 0 Å². The Morgan fingerprint density at radius 3 is 2.48 bits per heavy atom. The van der Waals surface area contributed by atoms with Crippen molar-refractivity contribution in [1.29, 1.82) is 0 Å². The molecule has 1 aromatic heterocycles. The predicted octanol–water partition coefficient (Wildman–Crippen LogP) is 3.47. The summed E-state index contributed by atoms with van der Waals surface area (Å²) < 4.78 is 14.0. The number of amides is 1. The summed E-state index contributed by atoms with van der Waals surface area (Å²) in [7, 11) is 0. The van der Waals surface area contributed by atoms with Gasteiger partial charge in [-0.25, -0.2) is 9.37 Å². The molecule has 1 unspecified atom stereocenters. The third kappa shape index (κ3) is 4.15. The molecular weight excluding hydrogens is 419 g/mol. The van der Waals surface area contributed by atoms with Crippen molar-refractivity contribution in [1.82, 2.24) is 4.98 Å². The second kappa shape index (κ2) is 8.06. The van der Waals surface area contributed by atoms with Crippen molar-refractivity contribution in [3.63, 3.8) is 0 Å². The van der Waals surface area contributed by atoms with Gasteiger partial charge in [-0.05, 0) is 49.4 Å². The second-order valence-electron chi connectivity index (χ2n) is 6.13. The van der Waals surface area contributed by atoms with Crippen LogP contribution in [0.5, 0.6) is 5.75 Å². The highest BCUT2D eigenvalue weighted by Gasteiger charge is 2.28. The van der Waals surface area contributed by atoms with Gasteiger partial charge in [-0.1, -0.05) is 22.9 Å². The number of thiazole rings is 1. The van der Waals surface area contributed by atoms with Gasteiger partial charge in [0.25, 0.3) is 0 Å². The van der Waals surface area contributed by atoms with Crippen LogP contribution in [0.15, 0.2) is 42.5 Å². The number of nitrogens with zero attached hydrogens (tertiary/aromatic N) is 2. The molecule has 1 heterocycles. The molecule has 0 aliphatic heterocycles. The first-order valence-corrected chi connectivity index (χ1v) is 9.52. The van der Waals surface area contributed by atoms with Gasteiger partial charge in [0, 0.05) is 11.3 Å². The van der Waals surface area contributed by atoms with Crippen molar-refractivity contribution in [2.75, 3.05) is 10.6 Å². The fourth-order valence-electron chi connectivity index (χ4n) is 2.59. The summed E-state index contributed by atoms with van der Waals surface area (Å²) in [4.78, 5) is 30.3. The van der Waals surface area contributed by atoms with Gasteiger partial charge in [0.05, 0.1) is 5.02 Å². The molecule has 0 radical (unpaired) electrons. The van der Waals surface area contributed by atoms with E-state index in [0.717, 1.165) is 17.4 Å². The number of halogens is 2. The van der Waals surface area contributed by atoms with Crippen LogP contribution in [0.25, 0.3) is 0 Å². The molecule has 0 aliphatic rings. The van der Waals surface area contributed by atoms with E-state index in [1.807, 2.05) is 0 Å². The van der Waals surface area contributed by atoms with Crippen molar-refractivity contribution in [2.24, 2.45) is 5.73 Å². The number of carbonyl (C=O) groups is 2. The minimum Gasteiger partial charge on any atom is -0.508 e. The molecule has 0 fully saturated rings. The molecule has 29 heavy (non-hydrogen) atoms. The number of aromatic nitrogens is 1. The SMILES string of the molecule is CC(C(N)=O)N(c1ccc(Cl)c(F)c1)c1nc(N)c(C(=O)c2ccc(O)cc2)s1. The average Bonchev–Trinajstić information content (AvgIpc) is 3.05. The summed E-state index contributed by atoms with van der Waals surface area (Å²) in [6.45, 7) is 1.52. The van der Waals surface area contributed by atoms with E-state index >= 15 is 0 Å². The maximum atomic E-state index is 14.0. The minimum atomic E-state index is -0.905. The number of benzene rings is 2. The van der Waals surface area contributed by atoms with Crippen LogP contribution >= 0.6 is 22.9 Å². The molecule has 0 saturated heterocycles. The number of nitrogens with two attached hydrogens (primary N) is 2. The lowest BCUT2D eigenvalue weighted by atomic mass is 10.1. The first-order valence-electron chi connectivity index (χ1n) is 8.32. The van der Waals surface area contributed by atoms with Crippen molar-refractivity contribution < 1.29 is 19.1 Å². The van der Waals surface area contributed by atoms with E-state index in [1.165, 1.54) is 48.2 Å². The zero-order valence-electron chi connectivity index (χ0n) is 15.1. The normalized spacial score (nSPS) is 11.8. The van der Waals surface area contributed by atoms with Crippen molar-refractivity contribution in [2.45, 2.75) is 13.0 Å². The zero-order chi connectivity index (χ0) is 21.3. The van der Waals surface area contributed by atoms with Crippen LogP contribution in [0.2, 0.25) is 5.02 Å². The summed E-state index contributed by atoms with van der Waals surface area (Å²) >= 11 is 6.68. The van der Waals surface area contributed by atoms with Crippen LogP contribution in [-0.2, 0) is 4.79 Å². The number of hydrogen-bond acceptors (Lipinski definition) is 7. The maximum Gasteiger partial charge on any atom is 0.240 e. The largest absolute Gasteiger partial charge is 0.508 e. The Morgan fingerprint density at radius 1 is 1.24 bits per heavy atom. The molecule has 0 bridgehead atoms. The van der Waals surface area contributed by atoms with Gasteiger partial charge < -0.3 is 21.5 Å². The highest BCUT2D eigenvalue weighted by atomic mass is 35.5. The number of rotatable bonds is 6. The first kappa shape index (κ1) is 20.6. The van der Waals surface area contributed by atoms with Gasteiger partial charge in [-0.15, -0.1) is 0 Å². The van der Waals surface area contributed by atoms with Crippen LogP contribution in [0.3, 0.4) is 0 Å². The van der Waals surface area contributed by atoms with Crippen LogP contribution < -0.4 is 16.4 Å². The lowest BCUT2D eigenvalue weighted by molar-refractivity contribution is -0.118. The van der Waals surface area contributed by atoms with E-state index in [-0.39, 0.29) is 32.3 Å². The van der Waals surface area contributed by atoms with Crippen LogP contribution in [-0.4, -0.2) is 27.8 Å². The highest BCUT2D eigenvalue weighted by molar-refractivity contribution is 7.18. The second-order valence-corrected chi connectivity index (χ2v) is 7.52. The molecule has 3 rings (SSSR count). The Labute approximate surface area is 174 Å². The summed E-state index contributed by atoms with van der Waals surface area (Å²) in [5.74, 6) is -1.79. The first-order chi connectivity index (χ1) is 13.7. The van der Waals surface area contributed by atoms with Crippen LogP contribution in [0.4, 0.5) is 21.0 Å². The number of phenolic OH excluding ortho intramolecular Hbond substituents is 1. The van der Waals surface area contributed by atoms with E-state index in [2.05, 4.69) is 4.98 Å². The number of phenols is 1. The molecule has 1 amide bonds. The molecule has 0 spiro atoms. The number of nitrogen functional groups attached to an aromatic ring is 1. The van der Waals surface area contributed by atoms with Gasteiger partial charge in [0.2, 0.25) is 11.7 Å². The molecule has 0 aliphatic carbocycles. The zero-order valence-corrected chi connectivity index (χ0v) is 16.7. The monoisotopic (exact) mass is 434 g/mol. The molecule has 150 valence electrons. The number of anilines is 3. The average molecular weight is 435 g/mol. The predicted molar refractivity (Wildman–Crippen MR) is 110 cm³/mol. The van der Waals surface area contributed by atoms with Gasteiger partial charge in [-0.3, -0.25) is 9.59 Å². The quantitative estimate of drug-likeness (QED) is 0.510. The molecule has 7 nitrogen and oxygen atoms in total. The minimum absolute atomic E-state index is 0.0192. The molecule has 2 aromatic carbocycles. The number of primary amides is 1. The Hall–Kier alpha value is -3.17. The van der Waals surface area contributed by atoms with Gasteiger partial charge in [0.15, 0.2) is 5.13 Å². The van der Waals surface area contributed by atoms with Crippen molar-refractivity contribution in [3.05, 3.63) is 63.7 Å². The number of hydrogen-bond donors (Lipinski definition) is 3. The molecule has 0 saturated carbocycles. The van der Waals surface area contributed by atoms with Crippen molar-refractivity contribution >= 4 is 51.3 Å². The van der Waals surface area contributed by atoms with Crippen LogP contribution in [0.1, 0.15) is 22.2 Å². The fourth-order valence-corrected chi connectivity index (χ4v) is 3.76. The van der Waals surface area contributed by atoms with Crippen LogP contribution in [0, 0.1) is 5.82 Å². The van der Waals surface area contributed by atoms with Crippen molar-refractivity contribution in [3.8, 4) is 5.75 Å². The van der Waals surface area contributed by atoms with Gasteiger partial charge >= 0.3 is 0 Å². The van der Waals surface area contributed by atoms with E-state index in [4.69, 9.17) is 23.1 Å². The Kier molecular flexibility index (Phi) is 5.71. The molecule has 5 N–H and O–H groups in total. The summed E-state index contributed by atoms with van der Waals surface area (Å²) in [5, 5.41) is 9.50. The van der Waals surface area contributed by atoms with E-state index in [9.17, 15) is 19.1 Å². The van der Waals surface area contributed by atoms with E-state index in [0.29, 0.717) is 5.56 Å². The van der Waals surface area contributed by atoms with E-state index in [1.54, 1.807) is 0 Å². The van der Waals surface area contributed by atoms with E-state index < -0.39 is 23.5 Å². The maximum absolute atomic E-state index is 14.0. The third-order valence-electron chi connectivity index (χ3n) is 4.16. The molecular formula is C19H16ClFN4O3S. The Bertz CT molecular complexity index is 1090. The summed E-state index contributed by atoms with van der Waals surface area (Å²) in [6, 6.07) is 8.74. The lowest BCUT2D eigenvalue weighted by Gasteiger charge is -2.26. The standard InChI is InChI=1S/C19H16ClFN4O3S/c1-9(18(23)28)25(11-4-7-13(20)14(21)8-11)19-24-17(22)16(29-19)15(27)10-2-5-12(26)6-3-10/h2-9,26H,22H2,1H3,(H2,23,28). The topological polar surface area (TPSA) is 123 Å². The Balaban J connectivity index is 2.06. The summed E-state index contributed by atoms with van der Waals surface area (Å²) in [6.07, 6.45) is 0. The summed E-state index contributed by atoms with van der Waals surface area (Å²) in [5.41, 5.74) is 12.0. The highest BCUT2D eigenvalue weighted by Crippen LogP contribution is 2.36. The molecule has 1 atom stereocenters. The fraction of sp³-hybridized carbons (Fsp3) is 0.105. The molecule has 10 heteroatoms. The number of ketones is 1. The lowest BCUT2D eigenvalue weighted by Crippen LogP contribution is -2.40. The smallest absolute Gasteiger partial charge is 0.240 e. The number of aromatic hydroxyl groups is 1. The number of carbonyl (C=O) groups excluding carboxylic acids is 2. The third-order valence-corrected chi connectivity index (χ3v) is 5.54.